The Balaban J connectivity index is 1.65. The van der Waals surface area contributed by atoms with E-state index in [4.69, 9.17) is 9.47 Å². The van der Waals surface area contributed by atoms with Crippen molar-refractivity contribution in [1.29, 1.82) is 0 Å². The Morgan fingerprint density at radius 1 is 1.09 bits per heavy atom. The zero-order valence-corrected chi connectivity index (χ0v) is 20.3. The molecule has 0 saturated heterocycles. The Bertz CT molecular complexity index is 1350. The van der Waals surface area contributed by atoms with Gasteiger partial charge in [0.25, 0.3) is 0 Å². The average Bonchev–Trinajstić information content (AvgIpc) is 3.51. The van der Waals surface area contributed by atoms with Crippen molar-refractivity contribution in [3.63, 3.8) is 0 Å². The molecule has 182 valence electrons. The van der Waals surface area contributed by atoms with E-state index in [2.05, 4.69) is 16.7 Å². The van der Waals surface area contributed by atoms with Gasteiger partial charge in [-0.3, -0.25) is 4.79 Å². The smallest absolute Gasteiger partial charge is 0.335 e. The minimum Gasteiger partial charge on any atom is -0.497 e. The number of esters is 1. The van der Waals surface area contributed by atoms with Crippen LogP contribution in [0, 0.1) is 5.41 Å². The van der Waals surface area contributed by atoms with E-state index in [1.165, 1.54) is 48.8 Å². The monoisotopic (exact) mass is 473 g/mol. The van der Waals surface area contributed by atoms with Gasteiger partial charge in [-0.15, -0.1) is 0 Å². The van der Waals surface area contributed by atoms with Crippen molar-refractivity contribution in [3.8, 4) is 17.0 Å². The first kappa shape index (κ1) is 22.2. The van der Waals surface area contributed by atoms with Crippen molar-refractivity contribution in [1.82, 2.24) is 4.57 Å². The molecule has 35 heavy (non-hydrogen) atoms. The summed E-state index contributed by atoms with van der Waals surface area (Å²) in [6.07, 6.45) is 7.25. The molecule has 1 aliphatic heterocycles. The van der Waals surface area contributed by atoms with E-state index in [0.29, 0.717) is 24.4 Å². The number of ether oxygens (including phenoxy) is 2. The minimum absolute atomic E-state index is 0.199. The summed E-state index contributed by atoms with van der Waals surface area (Å²) in [6.45, 7) is 0.672. The van der Waals surface area contributed by atoms with E-state index >= 15 is 0 Å². The van der Waals surface area contributed by atoms with E-state index in [-0.39, 0.29) is 17.3 Å². The van der Waals surface area contributed by atoms with Gasteiger partial charge in [0, 0.05) is 28.4 Å². The zero-order chi connectivity index (χ0) is 24.3. The number of carboxylic acids is 1. The molecule has 3 aromatic rings. The van der Waals surface area contributed by atoms with Crippen LogP contribution in [0.4, 0.5) is 0 Å². The number of carbonyl (C=O) groups is 2. The third-order valence-corrected chi connectivity index (χ3v) is 8.64. The summed E-state index contributed by atoms with van der Waals surface area (Å²) in [5, 5.41) is 10.9. The zero-order valence-electron chi connectivity index (χ0n) is 20.3. The van der Waals surface area contributed by atoms with Gasteiger partial charge in [0.1, 0.15) is 5.75 Å². The number of rotatable bonds is 5. The summed E-state index contributed by atoms with van der Waals surface area (Å²) >= 11 is 0. The normalized spacial score (nSPS) is 23.1. The van der Waals surface area contributed by atoms with Crippen molar-refractivity contribution in [2.75, 3.05) is 14.2 Å². The van der Waals surface area contributed by atoms with Crippen molar-refractivity contribution >= 4 is 22.8 Å². The Labute approximate surface area is 204 Å². The van der Waals surface area contributed by atoms with E-state index in [1.54, 1.807) is 13.2 Å². The highest BCUT2D eigenvalue weighted by atomic mass is 16.5. The molecule has 6 nitrogen and oxygen atoms in total. The summed E-state index contributed by atoms with van der Waals surface area (Å²) < 4.78 is 13.0. The largest absolute Gasteiger partial charge is 0.497 e. The molecule has 2 unspecified atom stereocenters. The van der Waals surface area contributed by atoms with Crippen molar-refractivity contribution in [2.24, 2.45) is 5.41 Å². The van der Waals surface area contributed by atoms with Gasteiger partial charge in [-0.05, 0) is 72.6 Å². The van der Waals surface area contributed by atoms with Gasteiger partial charge in [0.15, 0.2) is 0 Å². The highest BCUT2D eigenvalue weighted by Crippen LogP contribution is 2.67. The summed E-state index contributed by atoms with van der Waals surface area (Å²) in [7, 11) is 3.13. The minimum atomic E-state index is -0.922. The Kier molecular flexibility index (Phi) is 5.17. The van der Waals surface area contributed by atoms with Crippen LogP contribution >= 0.6 is 0 Å². The molecule has 1 N–H and O–H groups in total. The molecule has 0 spiro atoms. The average molecular weight is 474 g/mol. The second-order valence-corrected chi connectivity index (χ2v) is 10.5. The molecule has 1 aromatic heterocycles. The predicted molar refractivity (Wildman–Crippen MR) is 133 cm³/mol. The van der Waals surface area contributed by atoms with E-state index in [1.807, 2.05) is 18.2 Å². The van der Waals surface area contributed by atoms with Crippen LogP contribution in [0.15, 0.2) is 36.4 Å². The lowest BCUT2D eigenvalue weighted by molar-refractivity contribution is -0.142. The number of aromatic carboxylic acids is 1. The SMILES string of the molecule is COC(=O)CC12CC1c1cc(OC)ccc1-c1c(C3CCCCC3)c3ccc(C(=O)O)cc3n1C2. The van der Waals surface area contributed by atoms with Crippen LogP contribution in [0.1, 0.15) is 78.3 Å². The number of hydrogen-bond donors (Lipinski definition) is 1. The quantitative estimate of drug-likeness (QED) is 0.452. The van der Waals surface area contributed by atoms with Gasteiger partial charge in [-0.25, -0.2) is 4.79 Å². The molecule has 2 heterocycles. The summed E-state index contributed by atoms with van der Waals surface area (Å²) in [6, 6.07) is 11.9. The maximum Gasteiger partial charge on any atom is 0.335 e. The first-order valence-electron chi connectivity index (χ1n) is 12.6. The Morgan fingerprint density at radius 2 is 1.89 bits per heavy atom. The van der Waals surface area contributed by atoms with Gasteiger partial charge < -0.3 is 19.1 Å². The van der Waals surface area contributed by atoms with Crippen LogP contribution in [-0.4, -0.2) is 35.8 Å². The van der Waals surface area contributed by atoms with Gasteiger partial charge >= 0.3 is 11.9 Å². The topological polar surface area (TPSA) is 77.8 Å². The number of hydrogen-bond acceptors (Lipinski definition) is 4. The fourth-order valence-corrected chi connectivity index (χ4v) is 6.83. The summed E-state index contributed by atoms with van der Waals surface area (Å²) in [4.78, 5) is 24.4. The van der Waals surface area contributed by atoms with E-state index in [9.17, 15) is 14.7 Å². The first-order valence-corrected chi connectivity index (χ1v) is 12.6. The number of benzene rings is 2. The number of nitrogens with zero attached hydrogens (tertiary/aromatic N) is 1. The fourth-order valence-electron chi connectivity index (χ4n) is 6.83. The number of carbonyl (C=O) groups excluding carboxylic acids is 1. The molecule has 2 saturated carbocycles. The molecule has 2 aliphatic carbocycles. The second-order valence-electron chi connectivity index (χ2n) is 10.5. The van der Waals surface area contributed by atoms with E-state index < -0.39 is 5.97 Å². The van der Waals surface area contributed by atoms with Crippen LogP contribution in [0.25, 0.3) is 22.2 Å². The number of fused-ring (bicyclic) bond motifs is 7. The van der Waals surface area contributed by atoms with Crippen LogP contribution in [0.2, 0.25) is 0 Å². The number of aromatic nitrogens is 1. The van der Waals surface area contributed by atoms with Gasteiger partial charge in [0.2, 0.25) is 0 Å². The lowest BCUT2D eigenvalue weighted by Crippen LogP contribution is -2.18. The number of methoxy groups -OCH3 is 2. The van der Waals surface area contributed by atoms with E-state index in [0.717, 1.165) is 35.9 Å². The molecular weight excluding hydrogens is 442 g/mol. The van der Waals surface area contributed by atoms with Crippen LogP contribution in [0.3, 0.4) is 0 Å². The maximum atomic E-state index is 12.5. The predicted octanol–water partition coefficient (Wildman–Crippen LogP) is 6.11. The van der Waals surface area contributed by atoms with Gasteiger partial charge in [0.05, 0.1) is 31.9 Å². The second kappa shape index (κ2) is 8.14. The molecule has 3 aliphatic rings. The van der Waals surface area contributed by atoms with Crippen molar-refractivity contribution in [3.05, 3.63) is 53.1 Å². The van der Waals surface area contributed by atoms with Crippen LogP contribution in [-0.2, 0) is 16.1 Å². The van der Waals surface area contributed by atoms with Crippen LogP contribution < -0.4 is 4.74 Å². The van der Waals surface area contributed by atoms with Crippen LogP contribution in [0.5, 0.6) is 5.75 Å². The van der Waals surface area contributed by atoms with Gasteiger partial charge in [-0.1, -0.05) is 25.3 Å². The molecule has 0 bridgehead atoms. The number of carboxylic acid groups (broad SMARTS) is 1. The highest BCUT2D eigenvalue weighted by Gasteiger charge is 2.58. The maximum absolute atomic E-state index is 12.5. The van der Waals surface area contributed by atoms with Gasteiger partial charge in [-0.2, -0.15) is 0 Å². The molecular formula is C29H31NO5. The lowest BCUT2D eigenvalue weighted by atomic mass is 9.81. The third-order valence-electron chi connectivity index (χ3n) is 8.64. The molecule has 6 heteroatoms. The highest BCUT2D eigenvalue weighted by molar-refractivity contribution is 5.99. The standard InChI is InChI=1S/C29H31NO5/c1-34-19-9-11-20-22(13-19)23-14-29(23,15-25(31)35-2)16-30-24-12-18(28(32)33)8-10-21(24)26(27(20)30)17-6-4-3-5-7-17/h8-13,17,23H,3-7,14-16H2,1-2H3,(H,32,33). The molecule has 0 radical (unpaired) electrons. The first-order chi connectivity index (χ1) is 17.0. The summed E-state index contributed by atoms with van der Waals surface area (Å²) in [5.41, 5.74) is 5.97. The van der Waals surface area contributed by atoms with Crippen molar-refractivity contribution in [2.45, 2.75) is 63.3 Å². The lowest BCUT2D eigenvalue weighted by Gasteiger charge is -2.24. The third kappa shape index (κ3) is 3.45. The molecule has 2 atom stereocenters. The molecule has 6 rings (SSSR count). The molecule has 2 fully saturated rings. The fraction of sp³-hybridized carbons (Fsp3) is 0.448. The Hall–Kier alpha value is -3.28. The molecule has 0 amide bonds. The Morgan fingerprint density at radius 3 is 2.60 bits per heavy atom. The molecule has 2 aromatic carbocycles. The van der Waals surface area contributed by atoms with Crippen molar-refractivity contribution < 1.29 is 24.2 Å². The summed E-state index contributed by atoms with van der Waals surface area (Å²) in [5.74, 6) is 0.381.